The molecule has 1 atom stereocenters. The number of benzene rings is 2. The normalized spacial score (nSPS) is 14.5. The van der Waals surface area contributed by atoms with E-state index in [4.69, 9.17) is 18.6 Å². The Kier molecular flexibility index (Phi) is 8.72. The number of hydrogen-bond acceptors (Lipinski definition) is 10. The molecule has 1 N–H and O–H groups in total. The largest absolute Gasteiger partial charge is 0.502 e. The Labute approximate surface area is 248 Å². The second kappa shape index (κ2) is 12.6. The van der Waals surface area contributed by atoms with Crippen LogP contribution in [-0.4, -0.2) is 68.1 Å². The van der Waals surface area contributed by atoms with Crippen molar-refractivity contribution < 1.29 is 28.5 Å². The van der Waals surface area contributed by atoms with Gasteiger partial charge >= 0.3 is 5.97 Å². The minimum atomic E-state index is -1.06. The molecule has 0 amide bonds. The van der Waals surface area contributed by atoms with E-state index < -0.39 is 28.6 Å². The van der Waals surface area contributed by atoms with Gasteiger partial charge in [-0.1, -0.05) is 0 Å². The SMILES string of the molecule is COC(=O)CC(c1oc(CN2CCN(c3ccc(OC)cc3)CC2)cc(=O)c1O)c1cc2ccc(OC)cc2n(C)c1=O. The van der Waals surface area contributed by atoms with Gasteiger partial charge < -0.3 is 33.2 Å². The maximum Gasteiger partial charge on any atom is 0.306 e. The highest BCUT2D eigenvalue weighted by Crippen LogP contribution is 2.34. The number of carbonyl (C=O) groups excluding carboxylic acids is 1. The highest BCUT2D eigenvalue weighted by Gasteiger charge is 2.30. The predicted molar refractivity (Wildman–Crippen MR) is 161 cm³/mol. The average Bonchev–Trinajstić information content (AvgIpc) is 3.03. The van der Waals surface area contributed by atoms with E-state index in [1.54, 1.807) is 45.5 Å². The van der Waals surface area contributed by atoms with Crippen LogP contribution >= 0.6 is 0 Å². The Morgan fingerprint density at radius 3 is 2.26 bits per heavy atom. The molecule has 11 nitrogen and oxygen atoms in total. The zero-order valence-corrected chi connectivity index (χ0v) is 24.7. The van der Waals surface area contributed by atoms with Crippen LogP contribution in [0.4, 0.5) is 5.69 Å². The van der Waals surface area contributed by atoms with Gasteiger partial charge in [-0.05, 0) is 47.9 Å². The number of aromatic nitrogens is 1. The molecule has 5 rings (SSSR count). The van der Waals surface area contributed by atoms with Crippen LogP contribution in [0.1, 0.15) is 29.4 Å². The van der Waals surface area contributed by atoms with Crippen LogP contribution < -0.4 is 25.4 Å². The van der Waals surface area contributed by atoms with Crippen molar-refractivity contribution in [1.29, 1.82) is 0 Å². The Morgan fingerprint density at radius 1 is 0.930 bits per heavy atom. The molecule has 0 spiro atoms. The summed E-state index contributed by atoms with van der Waals surface area (Å²) in [6.45, 7) is 3.28. The highest BCUT2D eigenvalue weighted by atomic mass is 16.5. The van der Waals surface area contributed by atoms with Crippen LogP contribution in [0.2, 0.25) is 0 Å². The van der Waals surface area contributed by atoms with Gasteiger partial charge in [-0.25, -0.2) is 0 Å². The minimum Gasteiger partial charge on any atom is -0.502 e. The van der Waals surface area contributed by atoms with Crippen molar-refractivity contribution in [1.82, 2.24) is 9.47 Å². The summed E-state index contributed by atoms with van der Waals surface area (Å²) in [6, 6.07) is 16.1. The van der Waals surface area contributed by atoms with E-state index in [-0.39, 0.29) is 17.7 Å². The first-order chi connectivity index (χ1) is 20.7. The number of piperazine rings is 1. The predicted octanol–water partition coefficient (Wildman–Crippen LogP) is 3.23. The van der Waals surface area contributed by atoms with Gasteiger partial charge in [0, 0.05) is 56.6 Å². The summed E-state index contributed by atoms with van der Waals surface area (Å²) in [4.78, 5) is 43.5. The maximum atomic E-state index is 13.6. The maximum absolute atomic E-state index is 13.6. The Bertz CT molecular complexity index is 1740. The molecule has 226 valence electrons. The molecule has 0 saturated carbocycles. The molecule has 2 aromatic carbocycles. The Hall–Kier alpha value is -4.77. The molecule has 4 aromatic rings. The van der Waals surface area contributed by atoms with Gasteiger partial charge in [0.05, 0.1) is 45.7 Å². The fraction of sp³-hybridized carbons (Fsp3) is 0.344. The first kappa shape index (κ1) is 29.7. The number of anilines is 1. The second-order valence-corrected chi connectivity index (χ2v) is 10.5. The smallest absolute Gasteiger partial charge is 0.306 e. The quantitative estimate of drug-likeness (QED) is 0.291. The van der Waals surface area contributed by atoms with E-state index in [1.807, 2.05) is 24.3 Å². The van der Waals surface area contributed by atoms with Crippen molar-refractivity contribution in [3.63, 3.8) is 0 Å². The summed E-state index contributed by atoms with van der Waals surface area (Å²) in [5.41, 5.74) is 0.856. The van der Waals surface area contributed by atoms with Gasteiger partial charge in [0.15, 0.2) is 5.76 Å². The van der Waals surface area contributed by atoms with Gasteiger partial charge in [0.25, 0.3) is 5.56 Å². The molecule has 1 fully saturated rings. The van der Waals surface area contributed by atoms with Gasteiger partial charge in [-0.3, -0.25) is 19.3 Å². The lowest BCUT2D eigenvalue weighted by molar-refractivity contribution is -0.140. The summed E-state index contributed by atoms with van der Waals surface area (Å²) in [6.07, 6.45) is -0.312. The molecular formula is C32H35N3O8. The van der Waals surface area contributed by atoms with Crippen LogP contribution in [0.25, 0.3) is 10.9 Å². The zero-order valence-electron chi connectivity index (χ0n) is 24.7. The molecule has 1 aliphatic heterocycles. The number of carbonyl (C=O) groups is 1. The molecule has 1 unspecified atom stereocenters. The number of esters is 1. The number of hydrogen-bond donors (Lipinski definition) is 1. The number of fused-ring (bicyclic) bond motifs is 1. The van der Waals surface area contributed by atoms with Crippen molar-refractivity contribution >= 4 is 22.6 Å². The van der Waals surface area contributed by atoms with E-state index >= 15 is 0 Å². The van der Waals surface area contributed by atoms with Crippen molar-refractivity contribution in [2.45, 2.75) is 18.9 Å². The summed E-state index contributed by atoms with van der Waals surface area (Å²) in [5.74, 6) is -0.752. The zero-order chi connectivity index (χ0) is 30.7. The summed E-state index contributed by atoms with van der Waals surface area (Å²) in [5, 5.41) is 11.6. The number of aromatic hydroxyl groups is 1. The van der Waals surface area contributed by atoms with Crippen molar-refractivity contribution in [3.05, 3.63) is 92.3 Å². The molecule has 1 saturated heterocycles. The molecule has 0 radical (unpaired) electrons. The van der Waals surface area contributed by atoms with Crippen LogP contribution in [0.3, 0.4) is 0 Å². The van der Waals surface area contributed by atoms with Gasteiger partial charge in [-0.15, -0.1) is 0 Å². The number of ether oxygens (including phenoxy) is 3. The van der Waals surface area contributed by atoms with Crippen molar-refractivity contribution in [3.8, 4) is 17.2 Å². The Morgan fingerprint density at radius 2 is 1.60 bits per heavy atom. The molecule has 1 aliphatic rings. The number of methoxy groups -OCH3 is 3. The number of aryl methyl sites for hydroxylation is 1. The highest BCUT2D eigenvalue weighted by molar-refractivity contribution is 5.82. The lowest BCUT2D eigenvalue weighted by Gasteiger charge is -2.36. The van der Waals surface area contributed by atoms with E-state index in [0.29, 0.717) is 42.0 Å². The molecule has 3 heterocycles. The van der Waals surface area contributed by atoms with Crippen LogP contribution in [-0.2, 0) is 23.1 Å². The Balaban J connectivity index is 1.45. The third-order valence-electron chi connectivity index (χ3n) is 7.94. The van der Waals surface area contributed by atoms with Crippen LogP contribution in [0.5, 0.6) is 17.2 Å². The fourth-order valence-electron chi connectivity index (χ4n) is 5.49. The van der Waals surface area contributed by atoms with E-state index in [9.17, 15) is 19.5 Å². The third-order valence-corrected chi connectivity index (χ3v) is 7.94. The summed E-state index contributed by atoms with van der Waals surface area (Å²) >= 11 is 0. The van der Waals surface area contributed by atoms with Gasteiger partial charge in [0.1, 0.15) is 17.3 Å². The first-order valence-electron chi connectivity index (χ1n) is 13.9. The van der Waals surface area contributed by atoms with Gasteiger partial charge in [0.2, 0.25) is 11.2 Å². The molecule has 2 aromatic heterocycles. The minimum absolute atomic E-state index is 0.144. The van der Waals surface area contributed by atoms with Crippen molar-refractivity contribution in [2.24, 2.45) is 7.05 Å². The molecular weight excluding hydrogens is 554 g/mol. The van der Waals surface area contributed by atoms with Gasteiger partial charge in [-0.2, -0.15) is 0 Å². The van der Waals surface area contributed by atoms with Crippen LogP contribution in [0.15, 0.2) is 68.6 Å². The number of pyridine rings is 1. The number of rotatable bonds is 9. The van der Waals surface area contributed by atoms with Crippen LogP contribution in [0, 0.1) is 0 Å². The standard InChI is InChI=1S/C32H35N3O8/c1-33-27-16-23(41-3)8-5-20(27)15-26(32(33)39)25(18-29(37)42-4)31-30(38)28(36)17-24(43-31)19-34-11-13-35(14-12-34)21-6-9-22(40-2)10-7-21/h5-10,15-17,25,38H,11-14,18-19H2,1-4H3. The number of nitrogens with zero attached hydrogens (tertiary/aromatic N) is 3. The second-order valence-electron chi connectivity index (χ2n) is 10.5. The topological polar surface area (TPSA) is 124 Å². The summed E-state index contributed by atoms with van der Waals surface area (Å²) in [7, 11) is 6.03. The van der Waals surface area contributed by atoms with E-state index in [1.165, 1.54) is 17.7 Å². The molecule has 11 heteroatoms. The lowest BCUT2D eigenvalue weighted by atomic mass is 9.92. The molecule has 0 aliphatic carbocycles. The van der Waals surface area contributed by atoms with Crippen molar-refractivity contribution in [2.75, 3.05) is 52.4 Å². The molecule has 0 bridgehead atoms. The van der Waals surface area contributed by atoms with E-state index in [0.717, 1.165) is 24.5 Å². The third kappa shape index (κ3) is 6.21. The fourth-order valence-corrected chi connectivity index (χ4v) is 5.49. The molecule has 43 heavy (non-hydrogen) atoms. The average molecular weight is 590 g/mol. The first-order valence-corrected chi connectivity index (χ1v) is 13.9. The van der Waals surface area contributed by atoms with E-state index in [2.05, 4.69) is 9.80 Å². The monoisotopic (exact) mass is 589 g/mol. The lowest BCUT2D eigenvalue weighted by Crippen LogP contribution is -2.46. The summed E-state index contributed by atoms with van der Waals surface area (Å²) < 4.78 is 23.0.